The highest BCUT2D eigenvalue weighted by Crippen LogP contribution is 2.38. The summed E-state index contributed by atoms with van der Waals surface area (Å²) < 4.78 is 22.2. The number of halogens is 1. The maximum absolute atomic E-state index is 5.80. The third kappa shape index (κ3) is 3.45. The Labute approximate surface area is 158 Å². The first-order valence-electron chi connectivity index (χ1n) is 8.04. The number of para-hydroxylation sites is 1. The zero-order valence-corrected chi connectivity index (χ0v) is 15.4. The first-order chi connectivity index (χ1) is 12.8. The molecule has 0 bridgehead atoms. The zero-order valence-electron chi connectivity index (χ0n) is 13.8. The lowest BCUT2D eigenvalue weighted by atomic mass is 10.2. The Kier molecular flexibility index (Phi) is 4.92. The average molecular weight is 418 g/mol. The number of nitrogens with zero attached hydrogens (tertiary/aromatic N) is 2. The lowest BCUT2D eigenvalue weighted by Gasteiger charge is -2.12. The summed E-state index contributed by atoms with van der Waals surface area (Å²) in [5.41, 5.74) is 1.57. The van der Waals surface area contributed by atoms with E-state index < -0.39 is 0 Å². The molecule has 0 fully saturated rings. The molecular formula is C18H16BrN3O4. The van der Waals surface area contributed by atoms with Gasteiger partial charge in [-0.25, -0.2) is 9.97 Å². The minimum absolute atomic E-state index is 0.227. The van der Waals surface area contributed by atoms with Crippen LogP contribution in [0.5, 0.6) is 23.1 Å². The molecule has 8 heteroatoms. The van der Waals surface area contributed by atoms with Gasteiger partial charge in [0.2, 0.25) is 12.7 Å². The summed E-state index contributed by atoms with van der Waals surface area (Å²) in [6.45, 7) is 1.05. The average Bonchev–Trinajstić information content (AvgIpc) is 3.16. The van der Waals surface area contributed by atoms with Gasteiger partial charge >= 0.3 is 0 Å². The van der Waals surface area contributed by atoms with Crippen molar-refractivity contribution in [3.8, 4) is 23.1 Å². The fourth-order valence-electron chi connectivity index (χ4n) is 2.63. The van der Waals surface area contributed by atoms with Gasteiger partial charge in [-0.1, -0.05) is 22.0 Å². The summed E-state index contributed by atoms with van der Waals surface area (Å²) in [5, 5.41) is 4.77. The van der Waals surface area contributed by atoms with E-state index in [4.69, 9.17) is 18.9 Å². The van der Waals surface area contributed by atoms with Crippen molar-refractivity contribution in [2.45, 2.75) is 0 Å². The van der Waals surface area contributed by atoms with Crippen molar-refractivity contribution in [3.05, 3.63) is 42.7 Å². The van der Waals surface area contributed by atoms with E-state index in [1.807, 2.05) is 36.4 Å². The molecule has 1 aromatic heterocycles. The van der Waals surface area contributed by atoms with Crippen LogP contribution in [0.2, 0.25) is 0 Å². The third-order valence-corrected chi connectivity index (χ3v) is 4.11. The summed E-state index contributed by atoms with van der Waals surface area (Å²) in [6.07, 6.45) is 1.48. The molecule has 0 unspecified atom stereocenters. The van der Waals surface area contributed by atoms with Crippen LogP contribution in [0, 0.1) is 0 Å². The molecule has 1 N–H and O–H groups in total. The van der Waals surface area contributed by atoms with E-state index in [-0.39, 0.29) is 13.5 Å². The Hall–Kier alpha value is -2.74. The number of anilines is 1. The van der Waals surface area contributed by atoms with Crippen molar-refractivity contribution < 1.29 is 18.9 Å². The van der Waals surface area contributed by atoms with Gasteiger partial charge in [-0.05, 0) is 24.3 Å². The van der Waals surface area contributed by atoms with E-state index in [0.29, 0.717) is 18.2 Å². The maximum atomic E-state index is 5.80. The summed E-state index contributed by atoms with van der Waals surface area (Å²) in [6, 6.07) is 11.3. The Morgan fingerprint density at radius 3 is 3.00 bits per heavy atom. The lowest BCUT2D eigenvalue weighted by molar-refractivity contribution is 0.174. The van der Waals surface area contributed by atoms with Crippen LogP contribution in [0.1, 0.15) is 0 Å². The number of ether oxygens (including phenoxy) is 4. The SMILES string of the molecule is BrCCOc1ccc2c(OCNc3cccc4c3OCO4)ncnc2c1. The van der Waals surface area contributed by atoms with E-state index in [0.717, 1.165) is 33.4 Å². The topological polar surface area (TPSA) is 74.7 Å². The second kappa shape index (κ2) is 7.65. The molecule has 0 spiro atoms. The van der Waals surface area contributed by atoms with Crippen LogP contribution in [-0.4, -0.2) is 35.4 Å². The minimum atomic E-state index is 0.227. The van der Waals surface area contributed by atoms with E-state index in [2.05, 4.69) is 31.2 Å². The molecule has 0 saturated carbocycles. The van der Waals surface area contributed by atoms with Crippen molar-refractivity contribution in [1.82, 2.24) is 9.97 Å². The molecule has 1 aliphatic rings. The Morgan fingerprint density at radius 2 is 2.08 bits per heavy atom. The largest absolute Gasteiger partial charge is 0.493 e. The number of hydrogen-bond acceptors (Lipinski definition) is 7. The summed E-state index contributed by atoms with van der Waals surface area (Å²) in [5.74, 6) is 2.67. The monoisotopic (exact) mass is 417 g/mol. The number of aromatic nitrogens is 2. The second-order valence-electron chi connectivity index (χ2n) is 5.40. The predicted octanol–water partition coefficient (Wildman–Crippen LogP) is 3.58. The fraction of sp³-hybridized carbons (Fsp3) is 0.222. The minimum Gasteiger partial charge on any atom is -0.493 e. The Balaban J connectivity index is 1.46. The van der Waals surface area contributed by atoms with Crippen LogP contribution in [-0.2, 0) is 0 Å². The van der Waals surface area contributed by atoms with Crippen LogP contribution in [0.4, 0.5) is 5.69 Å². The van der Waals surface area contributed by atoms with Crippen LogP contribution in [0.3, 0.4) is 0 Å². The number of fused-ring (bicyclic) bond motifs is 2. The zero-order chi connectivity index (χ0) is 17.8. The number of benzene rings is 2. The number of alkyl halides is 1. The van der Waals surface area contributed by atoms with Crippen molar-refractivity contribution in [2.24, 2.45) is 0 Å². The van der Waals surface area contributed by atoms with Gasteiger partial charge in [0.25, 0.3) is 0 Å². The van der Waals surface area contributed by atoms with Gasteiger partial charge in [-0.3, -0.25) is 0 Å². The van der Waals surface area contributed by atoms with E-state index in [9.17, 15) is 0 Å². The Bertz CT molecular complexity index is 922. The first kappa shape index (κ1) is 16.7. The van der Waals surface area contributed by atoms with Gasteiger partial charge in [0.1, 0.15) is 12.1 Å². The Morgan fingerprint density at radius 1 is 1.12 bits per heavy atom. The number of rotatable bonds is 7. The molecule has 2 aromatic carbocycles. The normalized spacial score (nSPS) is 12.2. The summed E-state index contributed by atoms with van der Waals surface area (Å²) in [7, 11) is 0. The van der Waals surface area contributed by atoms with Crippen molar-refractivity contribution in [1.29, 1.82) is 0 Å². The molecule has 7 nitrogen and oxygen atoms in total. The summed E-state index contributed by atoms with van der Waals surface area (Å²) >= 11 is 3.34. The smallest absolute Gasteiger partial charge is 0.231 e. The molecule has 0 amide bonds. The quantitative estimate of drug-likeness (QED) is 0.465. The molecule has 134 valence electrons. The molecule has 0 radical (unpaired) electrons. The molecule has 1 aliphatic heterocycles. The highest BCUT2D eigenvalue weighted by atomic mass is 79.9. The van der Waals surface area contributed by atoms with Crippen LogP contribution in [0.15, 0.2) is 42.7 Å². The lowest BCUT2D eigenvalue weighted by Crippen LogP contribution is -2.10. The number of nitrogens with one attached hydrogen (secondary N) is 1. The fourth-order valence-corrected chi connectivity index (χ4v) is 2.79. The molecule has 0 saturated heterocycles. The molecule has 26 heavy (non-hydrogen) atoms. The van der Waals surface area contributed by atoms with Crippen LogP contribution in [0.25, 0.3) is 10.9 Å². The highest BCUT2D eigenvalue weighted by molar-refractivity contribution is 9.09. The third-order valence-electron chi connectivity index (χ3n) is 3.79. The van der Waals surface area contributed by atoms with Gasteiger partial charge in [0.15, 0.2) is 18.2 Å². The van der Waals surface area contributed by atoms with Gasteiger partial charge in [-0.15, -0.1) is 0 Å². The van der Waals surface area contributed by atoms with Gasteiger partial charge in [-0.2, -0.15) is 0 Å². The predicted molar refractivity (Wildman–Crippen MR) is 101 cm³/mol. The summed E-state index contributed by atoms with van der Waals surface area (Å²) in [4.78, 5) is 8.51. The highest BCUT2D eigenvalue weighted by Gasteiger charge is 2.17. The first-order valence-corrected chi connectivity index (χ1v) is 9.16. The second-order valence-corrected chi connectivity index (χ2v) is 6.19. The van der Waals surface area contributed by atoms with Crippen molar-refractivity contribution >= 4 is 32.5 Å². The molecule has 3 aromatic rings. The molecule has 2 heterocycles. The molecule has 0 aliphatic carbocycles. The van der Waals surface area contributed by atoms with Crippen LogP contribution < -0.4 is 24.3 Å². The van der Waals surface area contributed by atoms with Gasteiger partial charge < -0.3 is 24.3 Å². The van der Waals surface area contributed by atoms with E-state index >= 15 is 0 Å². The van der Waals surface area contributed by atoms with Gasteiger partial charge in [0.05, 0.1) is 23.2 Å². The van der Waals surface area contributed by atoms with Crippen molar-refractivity contribution in [2.75, 3.05) is 30.8 Å². The molecular weight excluding hydrogens is 402 g/mol. The van der Waals surface area contributed by atoms with Crippen molar-refractivity contribution in [3.63, 3.8) is 0 Å². The van der Waals surface area contributed by atoms with Gasteiger partial charge in [0, 0.05) is 11.4 Å². The number of hydrogen-bond donors (Lipinski definition) is 1. The standard InChI is InChI=1S/C18H16BrN3O4/c19-6-7-23-12-4-5-13-15(8-12)20-9-21-18(13)24-10-22-14-2-1-3-16-17(14)26-11-25-16/h1-5,8-9,22H,6-7,10-11H2. The van der Waals surface area contributed by atoms with Crippen LogP contribution >= 0.6 is 15.9 Å². The van der Waals surface area contributed by atoms with E-state index in [1.54, 1.807) is 0 Å². The van der Waals surface area contributed by atoms with E-state index in [1.165, 1.54) is 6.33 Å². The molecule has 0 atom stereocenters. The molecule has 4 rings (SSSR count). The maximum Gasteiger partial charge on any atom is 0.231 e.